The minimum absolute atomic E-state index is 0.309. The molecule has 1 heterocycles. The van der Waals surface area contributed by atoms with E-state index < -0.39 is 0 Å². The molecule has 21 heavy (non-hydrogen) atoms. The average molecular weight is 289 g/mol. The number of rotatable bonds is 6. The van der Waals surface area contributed by atoms with E-state index in [0.717, 1.165) is 43.7 Å². The van der Waals surface area contributed by atoms with Gasteiger partial charge in [-0.1, -0.05) is 6.07 Å². The van der Waals surface area contributed by atoms with Crippen LogP contribution < -0.4 is 5.32 Å². The Bertz CT molecular complexity index is 613. The van der Waals surface area contributed by atoms with Gasteiger partial charge < -0.3 is 10.1 Å². The number of para-hydroxylation sites is 1. The molecule has 3 rings (SSSR count). The van der Waals surface area contributed by atoms with Crippen LogP contribution in [0.2, 0.25) is 0 Å². The zero-order valence-corrected chi connectivity index (χ0v) is 12.2. The van der Waals surface area contributed by atoms with Gasteiger partial charge in [0.05, 0.1) is 6.10 Å². The monoisotopic (exact) mass is 289 g/mol. The van der Waals surface area contributed by atoms with Crippen molar-refractivity contribution in [2.24, 2.45) is 5.92 Å². The van der Waals surface area contributed by atoms with Crippen molar-refractivity contribution in [3.05, 3.63) is 30.3 Å². The standard InChI is InChI=1S/C16H20FN3O/c1-2-21-12-8-11(9-12)6-7-18-16-13-4-3-5-14(17)15(13)19-10-20-16/h3-5,10-12H,2,6-9H2,1H3,(H,18,19,20). The van der Waals surface area contributed by atoms with Crippen LogP contribution >= 0.6 is 0 Å². The molecule has 0 atom stereocenters. The van der Waals surface area contributed by atoms with Crippen LogP contribution in [0.5, 0.6) is 0 Å². The van der Waals surface area contributed by atoms with Crippen molar-refractivity contribution in [1.82, 2.24) is 9.97 Å². The van der Waals surface area contributed by atoms with E-state index >= 15 is 0 Å². The zero-order valence-electron chi connectivity index (χ0n) is 12.2. The van der Waals surface area contributed by atoms with Crippen molar-refractivity contribution in [1.29, 1.82) is 0 Å². The van der Waals surface area contributed by atoms with Crippen LogP contribution in [0.25, 0.3) is 10.9 Å². The summed E-state index contributed by atoms with van der Waals surface area (Å²) in [7, 11) is 0. The molecule has 1 N–H and O–H groups in total. The fourth-order valence-corrected chi connectivity index (χ4v) is 2.87. The van der Waals surface area contributed by atoms with E-state index in [1.54, 1.807) is 6.07 Å². The van der Waals surface area contributed by atoms with E-state index in [0.29, 0.717) is 17.4 Å². The number of halogens is 1. The second kappa shape index (κ2) is 6.35. The molecular weight excluding hydrogens is 269 g/mol. The molecule has 0 aliphatic heterocycles. The van der Waals surface area contributed by atoms with Gasteiger partial charge in [0.25, 0.3) is 0 Å². The summed E-state index contributed by atoms with van der Waals surface area (Å²) in [5, 5.41) is 4.04. The lowest BCUT2D eigenvalue weighted by Crippen LogP contribution is -2.32. The van der Waals surface area contributed by atoms with Crippen molar-refractivity contribution in [2.45, 2.75) is 32.3 Å². The lowest BCUT2D eigenvalue weighted by Gasteiger charge is -2.35. The van der Waals surface area contributed by atoms with Gasteiger partial charge in [0.15, 0.2) is 0 Å². The lowest BCUT2D eigenvalue weighted by atomic mass is 9.80. The molecule has 0 amide bonds. The van der Waals surface area contributed by atoms with Crippen LogP contribution in [-0.2, 0) is 4.74 Å². The fourth-order valence-electron chi connectivity index (χ4n) is 2.87. The summed E-state index contributed by atoms with van der Waals surface area (Å²) in [6.07, 6.45) is 5.24. The topological polar surface area (TPSA) is 47.0 Å². The number of hydrogen-bond donors (Lipinski definition) is 1. The SMILES string of the molecule is CCOC1CC(CCNc2ncnc3c(F)cccc23)C1. The first-order chi connectivity index (χ1) is 10.3. The summed E-state index contributed by atoms with van der Waals surface area (Å²) in [4.78, 5) is 8.22. The van der Waals surface area contributed by atoms with Gasteiger partial charge in [0, 0.05) is 18.5 Å². The maximum atomic E-state index is 13.7. The third kappa shape index (κ3) is 3.13. The van der Waals surface area contributed by atoms with E-state index in [1.165, 1.54) is 12.4 Å². The van der Waals surface area contributed by atoms with Gasteiger partial charge in [-0.15, -0.1) is 0 Å². The van der Waals surface area contributed by atoms with Gasteiger partial charge in [-0.3, -0.25) is 0 Å². The van der Waals surface area contributed by atoms with E-state index in [9.17, 15) is 4.39 Å². The number of hydrogen-bond acceptors (Lipinski definition) is 4. The highest BCUT2D eigenvalue weighted by Gasteiger charge is 2.28. The molecule has 112 valence electrons. The second-order valence-corrected chi connectivity index (χ2v) is 5.49. The van der Waals surface area contributed by atoms with Crippen molar-refractivity contribution in [3.63, 3.8) is 0 Å². The first-order valence-corrected chi connectivity index (χ1v) is 7.52. The molecule has 5 heteroatoms. The Morgan fingerprint density at radius 1 is 1.33 bits per heavy atom. The normalized spacial score (nSPS) is 21.2. The number of anilines is 1. The molecule has 1 aliphatic carbocycles. The molecule has 0 bridgehead atoms. The molecule has 0 saturated heterocycles. The minimum Gasteiger partial charge on any atom is -0.378 e. The third-order valence-corrected chi connectivity index (χ3v) is 4.06. The molecule has 1 saturated carbocycles. The highest BCUT2D eigenvalue weighted by molar-refractivity contribution is 5.89. The number of nitrogens with zero attached hydrogens (tertiary/aromatic N) is 2. The number of aromatic nitrogens is 2. The maximum Gasteiger partial charge on any atom is 0.149 e. The molecule has 2 aromatic rings. The Hall–Kier alpha value is -1.75. The quantitative estimate of drug-likeness (QED) is 0.885. The minimum atomic E-state index is -0.309. The summed E-state index contributed by atoms with van der Waals surface area (Å²) in [6.45, 7) is 3.68. The molecule has 0 unspecified atom stereocenters. The van der Waals surface area contributed by atoms with Crippen LogP contribution in [-0.4, -0.2) is 29.2 Å². The summed E-state index contributed by atoms with van der Waals surface area (Å²) in [6, 6.07) is 4.95. The second-order valence-electron chi connectivity index (χ2n) is 5.49. The summed E-state index contributed by atoms with van der Waals surface area (Å²) in [5.41, 5.74) is 0.370. The first-order valence-electron chi connectivity index (χ1n) is 7.52. The van der Waals surface area contributed by atoms with Gasteiger partial charge >= 0.3 is 0 Å². The molecule has 1 fully saturated rings. The average Bonchev–Trinajstić information content (AvgIpc) is 2.45. The van der Waals surface area contributed by atoms with E-state index in [-0.39, 0.29) is 5.82 Å². The lowest BCUT2D eigenvalue weighted by molar-refractivity contribution is -0.0255. The fraction of sp³-hybridized carbons (Fsp3) is 0.500. The number of ether oxygens (including phenoxy) is 1. The number of benzene rings is 1. The Morgan fingerprint density at radius 3 is 3.00 bits per heavy atom. The maximum absolute atomic E-state index is 13.7. The van der Waals surface area contributed by atoms with Crippen molar-refractivity contribution in [2.75, 3.05) is 18.5 Å². The predicted molar refractivity (Wildman–Crippen MR) is 80.7 cm³/mol. The summed E-state index contributed by atoms with van der Waals surface area (Å²) in [5.74, 6) is 1.12. The van der Waals surface area contributed by atoms with Crippen LogP contribution in [0.15, 0.2) is 24.5 Å². The van der Waals surface area contributed by atoms with Crippen molar-refractivity contribution in [3.8, 4) is 0 Å². The molecular formula is C16H20FN3O. The highest BCUT2D eigenvalue weighted by Crippen LogP contribution is 2.32. The largest absolute Gasteiger partial charge is 0.378 e. The van der Waals surface area contributed by atoms with Crippen molar-refractivity contribution < 1.29 is 9.13 Å². The van der Waals surface area contributed by atoms with Gasteiger partial charge in [-0.2, -0.15) is 0 Å². The van der Waals surface area contributed by atoms with Gasteiger partial charge in [-0.05, 0) is 44.2 Å². The molecule has 0 radical (unpaired) electrons. The van der Waals surface area contributed by atoms with Gasteiger partial charge in [-0.25, -0.2) is 14.4 Å². The summed E-state index contributed by atoms with van der Waals surface area (Å²) < 4.78 is 19.2. The molecule has 0 spiro atoms. The first kappa shape index (κ1) is 14.2. The van der Waals surface area contributed by atoms with Crippen LogP contribution in [0, 0.1) is 11.7 Å². The van der Waals surface area contributed by atoms with E-state index in [4.69, 9.17) is 4.74 Å². The molecule has 4 nitrogen and oxygen atoms in total. The molecule has 1 aliphatic rings. The number of nitrogens with one attached hydrogen (secondary N) is 1. The van der Waals surface area contributed by atoms with E-state index in [2.05, 4.69) is 15.3 Å². The Morgan fingerprint density at radius 2 is 2.19 bits per heavy atom. The highest BCUT2D eigenvalue weighted by atomic mass is 19.1. The Labute approximate surface area is 123 Å². The molecule has 1 aromatic heterocycles. The van der Waals surface area contributed by atoms with Crippen molar-refractivity contribution >= 4 is 16.7 Å². The smallest absolute Gasteiger partial charge is 0.149 e. The zero-order chi connectivity index (χ0) is 14.7. The Balaban J connectivity index is 1.56. The summed E-state index contributed by atoms with van der Waals surface area (Å²) >= 11 is 0. The van der Waals surface area contributed by atoms with Gasteiger partial charge in [0.2, 0.25) is 0 Å². The van der Waals surface area contributed by atoms with Crippen LogP contribution in [0.1, 0.15) is 26.2 Å². The van der Waals surface area contributed by atoms with E-state index in [1.807, 2.05) is 13.0 Å². The van der Waals surface area contributed by atoms with Crippen LogP contribution in [0.4, 0.5) is 10.2 Å². The molecule has 1 aromatic carbocycles. The Kier molecular flexibility index (Phi) is 4.29. The van der Waals surface area contributed by atoms with Gasteiger partial charge in [0.1, 0.15) is 23.5 Å². The number of fused-ring (bicyclic) bond motifs is 1. The third-order valence-electron chi connectivity index (χ3n) is 4.06. The van der Waals surface area contributed by atoms with Crippen LogP contribution in [0.3, 0.4) is 0 Å². The predicted octanol–water partition coefficient (Wildman–Crippen LogP) is 3.39.